The summed E-state index contributed by atoms with van der Waals surface area (Å²) in [6.07, 6.45) is 9.55. The van der Waals surface area contributed by atoms with Crippen molar-refractivity contribution in [1.29, 1.82) is 0 Å². The second-order valence-electron chi connectivity index (χ2n) is 5.89. The van der Waals surface area contributed by atoms with Gasteiger partial charge < -0.3 is 4.98 Å². The second-order valence-corrected chi connectivity index (χ2v) is 6.32. The highest BCUT2D eigenvalue weighted by Crippen LogP contribution is 2.22. The zero-order chi connectivity index (χ0) is 17.2. The van der Waals surface area contributed by atoms with Crippen LogP contribution in [0.15, 0.2) is 55.2 Å². The lowest BCUT2D eigenvalue weighted by atomic mass is 10.1. The third kappa shape index (κ3) is 3.51. The zero-order valence-corrected chi connectivity index (χ0v) is 14.0. The Hall–Kier alpha value is -2.79. The number of hydrogen-bond donors (Lipinski definition) is 1. The van der Waals surface area contributed by atoms with Crippen LogP contribution in [0.25, 0.3) is 11.0 Å². The van der Waals surface area contributed by atoms with Gasteiger partial charge >= 0.3 is 0 Å². The molecule has 6 heteroatoms. The molecule has 0 unspecified atom stereocenters. The molecule has 0 aliphatic carbocycles. The predicted octanol–water partition coefficient (Wildman–Crippen LogP) is 4.33. The molecule has 0 saturated heterocycles. The Labute approximate surface area is 148 Å². The third-order valence-electron chi connectivity index (χ3n) is 4.01. The monoisotopic (exact) mass is 352 g/mol. The van der Waals surface area contributed by atoms with Gasteiger partial charge in [0, 0.05) is 48.7 Å². The summed E-state index contributed by atoms with van der Waals surface area (Å²) in [6.45, 7) is 0. The summed E-state index contributed by atoms with van der Waals surface area (Å²) in [7, 11) is 0. The average molecular weight is 353 g/mol. The zero-order valence-electron chi connectivity index (χ0n) is 13.2. The number of H-pyrrole nitrogens is 1. The molecule has 0 radical (unpaired) electrons. The van der Waals surface area contributed by atoms with Gasteiger partial charge in [-0.3, -0.25) is 9.97 Å². The summed E-state index contributed by atoms with van der Waals surface area (Å²) in [6, 6.07) is 7.38. The molecule has 124 valence electrons. The molecule has 0 aromatic carbocycles. The predicted molar refractivity (Wildman–Crippen MR) is 95.1 cm³/mol. The van der Waals surface area contributed by atoms with Crippen molar-refractivity contribution in [1.82, 2.24) is 19.9 Å². The quantitative estimate of drug-likeness (QED) is 0.595. The van der Waals surface area contributed by atoms with E-state index in [2.05, 4.69) is 19.9 Å². The molecular weight excluding hydrogens is 339 g/mol. The van der Waals surface area contributed by atoms with E-state index in [0.29, 0.717) is 11.4 Å². The van der Waals surface area contributed by atoms with E-state index in [9.17, 15) is 4.39 Å². The maximum absolute atomic E-state index is 13.2. The lowest BCUT2D eigenvalue weighted by molar-refractivity contribution is 0.619. The fraction of sp³-hybridized carbons (Fsp3) is 0.105. The summed E-state index contributed by atoms with van der Waals surface area (Å²) < 4.78 is 13.2. The lowest BCUT2D eigenvalue weighted by Crippen LogP contribution is -1.96. The minimum absolute atomic E-state index is 0.333. The van der Waals surface area contributed by atoms with Gasteiger partial charge in [0.15, 0.2) is 0 Å². The first kappa shape index (κ1) is 15.7. The molecule has 4 aromatic rings. The first-order valence-corrected chi connectivity index (χ1v) is 8.20. The van der Waals surface area contributed by atoms with Crippen LogP contribution in [0.5, 0.6) is 0 Å². The Balaban J connectivity index is 1.53. The molecule has 0 aliphatic rings. The van der Waals surface area contributed by atoms with Gasteiger partial charge in [-0.25, -0.2) is 9.37 Å². The van der Waals surface area contributed by atoms with E-state index in [1.165, 1.54) is 12.3 Å². The fourth-order valence-corrected chi connectivity index (χ4v) is 2.98. The molecule has 0 aliphatic heterocycles. The number of pyridine rings is 3. The number of aromatic amines is 1. The SMILES string of the molecule is Fc1cncc(Cc2ccc(Cc3c[nH]c4ncc(Cl)cc34)cn2)c1. The molecular formula is C19H14ClFN4. The van der Waals surface area contributed by atoms with Crippen LogP contribution in [0.3, 0.4) is 0 Å². The number of halogens is 2. The number of nitrogens with zero attached hydrogens (tertiary/aromatic N) is 3. The smallest absolute Gasteiger partial charge is 0.141 e. The van der Waals surface area contributed by atoms with Gasteiger partial charge in [0.1, 0.15) is 11.5 Å². The number of aromatic nitrogens is 4. The van der Waals surface area contributed by atoms with Crippen molar-refractivity contribution in [3.8, 4) is 0 Å². The molecule has 0 atom stereocenters. The van der Waals surface area contributed by atoms with E-state index < -0.39 is 0 Å². The molecule has 1 N–H and O–H groups in total. The van der Waals surface area contributed by atoms with Crippen LogP contribution in [0.1, 0.15) is 22.4 Å². The number of hydrogen-bond acceptors (Lipinski definition) is 3. The van der Waals surface area contributed by atoms with Crippen LogP contribution >= 0.6 is 11.6 Å². The minimum atomic E-state index is -0.333. The summed E-state index contributed by atoms with van der Waals surface area (Å²) in [5.41, 5.74) is 4.70. The standard InChI is InChI=1S/C19H14ClFN4/c20-15-6-18-14(9-24-19(18)25-10-15)3-12-1-2-17(23-8-12)5-13-4-16(21)11-22-7-13/h1-2,4,6-11H,3,5H2,(H,24,25). The summed E-state index contributed by atoms with van der Waals surface area (Å²) in [5.74, 6) is -0.333. The van der Waals surface area contributed by atoms with Crippen molar-refractivity contribution in [3.63, 3.8) is 0 Å². The Kier molecular flexibility index (Phi) is 4.15. The van der Waals surface area contributed by atoms with Gasteiger partial charge in [0.2, 0.25) is 0 Å². The van der Waals surface area contributed by atoms with Crippen LogP contribution in [0.4, 0.5) is 4.39 Å². The van der Waals surface area contributed by atoms with Crippen LogP contribution in [0.2, 0.25) is 5.02 Å². The van der Waals surface area contributed by atoms with Crippen LogP contribution in [-0.4, -0.2) is 19.9 Å². The number of rotatable bonds is 4. The summed E-state index contributed by atoms with van der Waals surface area (Å²) in [5, 5.41) is 1.63. The molecule has 4 heterocycles. The van der Waals surface area contributed by atoms with E-state index in [-0.39, 0.29) is 5.82 Å². The molecule has 0 amide bonds. The molecule has 4 nitrogen and oxygen atoms in total. The van der Waals surface area contributed by atoms with Crippen molar-refractivity contribution in [2.45, 2.75) is 12.8 Å². The molecule has 0 fully saturated rings. The Morgan fingerprint density at radius 1 is 0.960 bits per heavy atom. The Bertz CT molecular complexity index is 1030. The van der Waals surface area contributed by atoms with Crippen molar-refractivity contribution < 1.29 is 4.39 Å². The van der Waals surface area contributed by atoms with Crippen LogP contribution in [0, 0.1) is 5.82 Å². The van der Waals surface area contributed by atoms with E-state index in [4.69, 9.17) is 11.6 Å². The molecule has 0 saturated carbocycles. The van der Waals surface area contributed by atoms with Crippen molar-refractivity contribution in [3.05, 3.63) is 88.5 Å². The average Bonchev–Trinajstić information content (AvgIpc) is 2.99. The first-order chi connectivity index (χ1) is 12.2. The summed E-state index contributed by atoms with van der Waals surface area (Å²) in [4.78, 5) is 15.8. The van der Waals surface area contributed by atoms with E-state index in [1.807, 2.05) is 30.6 Å². The van der Waals surface area contributed by atoms with Gasteiger partial charge in [-0.05, 0) is 34.9 Å². The van der Waals surface area contributed by atoms with E-state index in [1.54, 1.807) is 12.4 Å². The molecule has 4 aromatic heterocycles. The fourth-order valence-electron chi connectivity index (χ4n) is 2.82. The number of nitrogens with one attached hydrogen (secondary N) is 1. The number of fused-ring (bicyclic) bond motifs is 1. The minimum Gasteiger partial charge on any atom is -0.346 e. The van der Waals surface area contributed by atoms with Gasteiger partial charge in [-0.1, -0.05) is 17.7 Å². The van der Waals surface area contributed by atoms with Crippen LogP contribution < -0.4 is 0 Å². The molecule has 0 bridgehead atoms. The third-order valence-corrected chi connectivity index (χ3v) is 4.22. The maximum Gasteiger partial charge on any atom is 0.141 e. The largest absolute Gasteiger partial charge is 0.346 e. The topological polar surface area (TPSA) is 54.5 Å². The van der Waals surface area contributed by atoms with E-state index >= 15 is 0 Å². The molecule has 4 rings (SSSR count). The van der Waals surface area contributed by atoms with Gasteiger partial charge in [-0.2, -0.15) is 0 Å². The van der Waals surface area contributed by atoms with E-state index in [0.717, 1.165) is 39.8 Å². The van der Waals surface area contributed by atoms with Crippen LogP contribution in [-0.2, 0) is 12.8 Å². The second kappa shape index (κ2) is 6.61. The lowest BCUT2D eigenvalue weighted by Gasteiger charge is -2.04. The normalized spacial score (nSPS) is 11.1. The Morgan fingerprint density at radius 3 is 2.68 bits per heavy atom. The van der Waals surface area contributed by atoms with Crippen molar-refractivity contribution in [2.24, 2.45) is 0 Å². The van der Waals surface area contributed by atoms with Gasteiger partial charge in [0.25, 0.3) is 0 Å². The molecule has 25 heavy (non-hydrogen) atoms. The summed E-state index contributed by atoms with van der Waals surface area (Å²) >= 11 is 6.04. The highest BCUT2D eigenvalue weighted by Gasteiger charge is 2.07. The van der Waals surface area contributed by atoms with Gasteiger partial charge in [0.05, 0.1) is 11.2 Å². The highest BCUT2D eigenvalue weighted by atomic mass is 35.5. The highest BCUT2D eigenvalue weighted by molar-refractivity contribution is 6.31. The first-order valence-electron chi connectivity index (χ1n) is 7.82. The maximum atomic E-state index is 13.2. The molecule has 0 spiro atoms. The Morgan fingerprint density at radius 2 is 1.88 bits per heavy atom. The van der Waals surface area contributed by atoms with Gasteiger partial charge in [-0.15, -0.1) is 0 Å². The van der Waals surface area contributed by atoms with Crippen molar-refractivity contribution in [2.75, 3.05) is 0 Å². The van der Waals surface area contributed by atoms with Crippen molar-refractivity contribution >= 4 is 22.6 Å².